The molecule has 0 fully saturated rings. The summed E-state index contributed by atoms with van der Waals surface area (Å²) >= 11 is 0. The van der Waals surface area contributed by atoms with Gasteiger partial charge in [-0.15, -0.1) is 0 Å². The zero-order chi connectivity index (χ0) is 38.6. The molecule has 2 nitrogen and oxygen atoms in total. The summed E-state index contributed by atoms with van der Waals surface area (Å²) < 4.78 is 0. The lowest BCUT2D eigenvalue weighted by Crippen LogP contribution is -2.03. The van der Waals surface area contributed by atoms with E-state index >= 15 is 0 Å². The van der Waals surface area contributed by atoms with Crippen molar-refractivity contribution < 1.29 is 0 Å². The molecule has 0 bridgehead atoms. The Bertz CT molecular complexity index is 2400. The number of hydrogen-bond acceptors (Lipinski definition) is 2. The van der Waals surface area contributed by atoms with Gasteiger partial charge in [-0.25, -0.2) is 0 Å². The van der Waals surface area contributed by atoms with Crippen molar-refractivity contribution in [3.63, 3.8) is 0 Å². The molecule has 0 saturated heterocycles. The Labute approximate surface area is 328 Å². The molecule has 0 saturated carbocycles. The number of fused-ring (bicyclic) bond motifs is 1. The van der Waals surface area contributed by atoms with Crippen LogP contribution in [0.2, 0.25) is 0 Å². The van der Waals surface area contributed by atoms with E-state index in [2.05, 4.69) is 166 Å². The third-order valence-corrected chi connectivity index (χ3v) is 9.94. The molecule has 0 atom stereocenters. The quantitative estimate of drug-likeness (QED) is 0.147. The summed E-state index contributed by atoms with van der Waals surface area (Å²) in [4.78, 5) is 9.75. The largest absolute Gasteiger partial charge is 0.280 e. The zero-order valence-corrected chi connectivity index (χ0v) is 32.8. The minimum absolute atomic E-state index is 0.609. The second kappa shape index (κ2) is 18.6. The van der Waals surface area contributed by atoms with Gasteiger partial charge in [-0.2, -0.15) is 0 Å². The molecule has 0 unspecified atom stereocenters. The Morgan fingerprint density at radius 1 is 0.509 bits per heavy atom. The van der Waals surface area contributed by atoms with Gasteiger partial charge in [0.05, 0.1) is 18.0 Å². The van der Waals surface area contributed by atoms with Gasteiger partial charge in [-0.3, -0.25) is 9.98 Å². The van der Waals surface area contributed by atoms with E-state index in [0.717, 1.165) is 29.0 Å². The van der Waals surface area contributed by atoms with E-state index in [-0.39, 0.29) is 0 Å². The van der Waals surface area contributed by atoms with Crippen molar-refractivity contribution in [2.45, 2.75) is 47.6 Å². The molecule has 0 radical (unpaired) electrons. The third-order valence-electron chi connectivity index (χ3n) is 9.94. The maximum atomic E-state index is 5.22. The molecule has 7 aromatic rings. The van der Waals surface area contributed by atoms with Crippen LogP contribution in [0.4, 0.5) is 0 Å². The number of benzene rings is 7. The van der Waals surface area contributed by atoms with Crippen LogP contribution in [-0.4, -0.2) is 12.4 Å². The van der Waals surface area contributed by atoms with Crippen LogP contribution in [0.5, 0.6) is 0 Å². The standard InChI is InChI=1S/C44H36N2.C7H8.C2H6/c1-30-12-10-11-17-39(30)40-26-36(19-18-31(40)2)33-20-22-34(23-21-33)37-24-25-38-28-42(43(45-3)35-15-8-5-9-16-35)44(41(38)27-37)46-29-32-13-6-4-7-14-32;1-7-5-3-2-4-6-7;1-2/h4-27H,3,28-29H2,1-2H3;2-6H,1H3;1-2H3/b43-42-,46-44?;;. The van der Waals surface area contributed by atoms with Crippen LogP contribution in [-0.2, 0) is 13.0 Å². The summed E-state index contributed by atoms with van der Waals surface area (Å²) in [7, 11) is 0. The van der Waals surface area contributed by atoms with E-state index in [1.807, 2.05) is 56.3 Å². The summed E-state index contributed by atoms with van der Waals surface area (Å²) in [5.74, 6) is 0. The molecular formula is C53H50N2. The van der Waals surface area contributed by atoms with E-state index in [9.17, 15) is 0 Å². The van der Waals surface area contributed by atoms with Crippen molar-refractivity contribution in [3.8, 4) is 33.4 Å². The topological polar surface area (TPSA) is 24.7 Å². The molecule has 0 aromatic heterocycles. The van der Waals surface area contributed by atoms with Gasteiger partial charge in [0.25, 0.3) is 0 Å². The van der Waals surface area contributed by atoms with Crippen molar-refractivity contribution in [3.05, 3.63) is 220 Å². The average molecular weight is 715 g/mol. The van der Waals surface area contributed by atoms with Gasteiger partial charge in [-0.05, 0) is 95.3 Å². The molecule has 8 rings (SSSR count). The summed E-state index contributed by atoms with van der Waals surface area (Å²) in [5, 5.41) is 0. The Morgan fingerprint density at radius 3 is 1.60 bits per heavy atom. The van der Waals surface area contributed by atoms with Crippen molar-refractivity contribution in [2.75, 3.05) is 0 Å². The third kappa shape index (κ3) is 9.23. The van der Waals surface area contributed by atoms with Gasteiger partial charge in [0.15, 0.2) is 0 Å². The van der Waals surface area contributed by atoms with Crippen LogP contribution in [0.15, 0.2) is 191 Å². The predicted molar refractivity (Wildman–Crippen MR) is 238 cm³/mol. The van der Waals surface area contributed by atoms with Crippen LogP contribution in [0.1, 0.15) is 52.8 Å². The van der Waals surface area contributed by atoms with Crippen LogP contribution in [0.3, 0.4) is 0 Å². The molecular weight excluding hydrogens is 665 g/mol. The van der Waals surface area contributed by atoms with Crippen LogP contribution in [0.25, 0.3) is 39.1 Å². The fourth-order valence-corrected chi connectivity index (χ4v) is 7.01. The van der Waals surface area contributed by atoms with E-state index in [1.165, 1.54) is 66.8 Å². The van der Waals surface area contributed by atoms with Gasteiger partial charge in [-0.1, -0.05) is 183 Å². The first-order chi connectivity index (χ1) is 27.0. The molecule has 55 heavy (non-hydrogen) atoms. The van der Waals surface area contributed by atoms with E-state index in [4.69, 9.17) is 4.99 Å². The first-order valence-corrected chi connectivity index (χ1v) is 19.2. The summed E-state index contributed by atoms with van der Waals surface area (Å²) in [6.07, 6.45) is 0.780. The highest BCUT2D eigenvalue weighted by atomic mass is 14.8. The van der Waals surface area contributed by atoms with E-state index in [1.54, 1.807) is 0 Å². The van der Waals surface area contributed by atoms with Gasteiger partial charge in [0, 0.05) is 23.1 Å². The Hall–Kier alpha value is -6.38. The van der Waals surface area contributed by atoms with E-state index in [0.29, 0.717) is 6.54 Å². The highest BCUT2D eigenvalue weighted by Gasteiger charge is 2.27. The zero-order valence-electron chi connectivity index (χ0n) is 32.8. The van der Waals surface area contributed by atoms with Crippen LogP contribution >= 0.6 is 0 Å². The maximum absolute atomic E-state index is 5.22. The minimum atomic E-state index is 0.609. The normalized spacial score (nSPS) is 13.1. The number of nitrogens with zero attached hydrogens (tertiary/aromatic N) is 2. The number of allylic oxidation sites excluding steroid dienone is 1. The average Bonchev–Trinajstić information content (AvgIpc) is 3.60. The maximum Gasteiger partial charge on any atom is 0.0751 e. The molecule has 0 heterocycles. The number of rotatable bonds is 7. The second-order valence-electron chi connectivity index (χ2n) is 13.6. The predicted octanol–water partition coefficient (Wildman–Crippen LogP) is 14.0. The van der Waals surface area contributed by atoms with Gasteiger partial charge in [0.2, 0.25) is 0 Å². The molecule has 0 spiro atoms. The first kappa shape index (κ1) is 38.3. The SMILES string of the molecule is C=N/C(=C1/Cc2ccc(-c3ccc(-c4ccc(C)c(-c5ccccc5C)c4)cc3)cc2C1=NCc1ccccc1)c1ccccc1.CC.Cc1ccccc1. The van der Waals surface area contributed by atoms with Crippen molar-refractivity contribution in [2.24, 2.45) is 9.98 Å². The van der Waals surface area contributed by atoms with E-state index < -0.39 is 0 Å². The van der Waals surface area contributed by atoms with Crippen molar-refractivity contribution in [1.29, 1.82) is 0 Å². The molecule has 0 N–H and O–H groups in total. The summed E-state index contributed by atoms with van der Waals surface area (Å²) in [6.45, 7) is 15.0. The number of hydrogen-bond donors (Lipinski definition) is 0. The first-order valence-electron chi connectivity index (χ1n) is 19.2. The molecule has 1 aliphatic carbocycles. The Kier molecular flexibility index (Phi) is 13.0. The molecule has 2 heteroatoms. The smallest absolute Gasteiger partial charge is 0.0751 e. The highest BCUT2D eigenvalue weighted by molar-refractivity contribution is 6.21. The van der Waals surface area contributed by atoms with Crippen molar-refractivity contribution in [1.82, 2.24) is 0 Å². The van der Waals surface area contributed by atoms with Gasteiger partial charge >= 0.3 is 0 Å². The molecule has 0 aliphatic heterocycles. The van der Waals surface area contributed by atoms with Crippen molar-refractivity contribution >= 4 is 18.1 Å². The lowest BCUT2D eigenvalue weighted by Gasteiger charge is -2.13. The highest BCUT2D eigenvalue weighted by Crippen LogP contribution is 2.37. The lowest BCUT2D eigenvalue weighted by molar-refractivity contribution is 1.07. The molecule has 1 aliphatic rings. The number of aryl methyl sites for hydroxylation is 3. The number of aliphatic imine (C=N–C) groups is 2. The molecule has 7 aromatic carbocycles. The Balaban J connectivity index is 0.000000509. The lowest BCUT2D eigenvalue weighted by atomic mass is 9.92. The monoisotopic (exact) mass is 714 g/mol. The summed E-state index contributed by atoms with van der Waals surface area (Å²) in [6, 6.07) is 62.1. The Morgan fingerprint density at radius 2 is 1.02 bits per heavy atom. The summed E-state index contributed by atoms with van der Waals surface area (Å²) in [5.41, 5.74) is 19.0. The molecule has 272 valence electrons. The fourth-order valence-electron chi connectivity index (χ4n) is 7.01. The van der Waals surface area contributed by atoms with Gasteiger partial charge in [0.1, 0.15) is 0 Å². The van der Waals surface area contributed by atoms with Gasteiger partial charge < -0.3 is 0 Å². The van der Waals surface area contributed by atoms with Crippen LogP contribution < -0.4 is 0 Å². The second-order valence-corrected chi connectivity index (χ2v) is 13.6. The van der Waals surface area contributed by atoms with Crippen LogP contribution in [0, 0.1) is 20.8 Å². The molecule has 0 amide bonds. The minimum Gasteiger partial charge on any atom is -0.280 e. The fraction of sp³-hybridized carbons (Fsp3) is 0.132.